The number of nitrogens with zero attached hydrogens (tertiary/aromatic N) is 1. The van der Waals surface area contributed by atoms with Gasteiger partial charge in [-0.15, -0.1) is 0 Å². The molecule has 3 heteroatoms. The van der Waals surface area contributed by atoms with Gasteiger partial charge in [-0.2, -0.15) is 10.8 Å². The zero-order chi connectivity index (χ0) is 18.9. The summed E-state index contributed by atoms with van der Waals surface area (Å²) < 4.78 is 0. The van der Waals surface area contributed by atoms with Crippen molar-refractivity contribution in [2.45, 2.75) is 76.2 Å². The summed E-state index contributed by atoms with van der Waals surface area (Å²) in [6.07, 6.45) is 0. The average Bonchev–Trinajstić information content (AvgIpc) is 2.46. The summed E-state index contributed by atoms with van der Waals surface area (Å²) >= 11 is 0. The van der Waals surface area contributed by atoms with Gasteiger partial charge in [-0.25, -0.2) is 0 Å². The molecule has 0 amide bonds. The van der Waals surface area contributed by atoms with Crippen molar-refractivity contribution < 1.29 is 21.1 Å². The second-order valence-corrected chi connectivity index (χ2v) is 8.25. The molecule has 0 unspecified atom stereocenters. The Labute approximate surface area is 160 Å². The zero-order valence-corrected chi connectivity index (χ0v) is 20.1. The van der Waals surface area contributed by atoms with E-state index in [1.807, 2.05) is 0 Å². The van der Waals surface area contributed by atoms with Gasteiger partial charge in [-0.3, -0.25) is 0 Å². The molecular weight excluding hydrogens is 454 g/mol. The number of hydrogen-bond acceptors (Lipinski definition) is 1. The van der Waals surface area contributed by atoms with Crippen molar-refractivity contribution in [1.29, 1.82) is 0 Å². The van der Waals surface area contributed by atoms with E-state index in [4.69, 9.17) is 10.5 Å². The van der Waals surface area contributed by atoms with Crippen LogP contribution in [0.3, 0.4) is 0 Å². The Balaban J connectivity index is -0.000000120. The minimum Gasteiger partial charge on any atom is -0.577 e. The van der Waals surface area contributed by atoms with E-state index >= 15 is 0 Å². The number of nitroso groups, excluding NO2 is 1. The molecule has 0 aromatic carbocycles. The third-order valence-corrected chi connectivity index (χ3v) is 2.81. The molecule has 0 bridgehead atoms. The minimum atomic E-state index is 0. The molecule has 2 nitrogen and oxygen atoms in total. The summed E-state index contributed by atoms with van der Waals surface area (Å²) in [5.41, 5.74) is 12.1. The maximum Gasteiger partial charge on any atom is 0.0226 e. The van der Waals surface area contributed by atoms with Crippen LogP contribution in [0.1, 0.15) is 76.2 Å². The maximum atomic E-state index is 7.25. The van der Waals surface area contributed by atoms with Gasteiger partial charge in [0.05, 0.1) is 0 Å². The van der Waals surface area contributed by atoms with Gasteiger partial charge in [0.25, 0.3) is 0 Å². The van der Waals surface area contributed by atoms with Crippen LogP contribution < -0.4 is 0 Å². The second-order valence-electron chi connectivity index (χ2n) is 8.25. The fraction of sp³-hybridized carbons (Fsp3) is 0.650. The fourth-order valence-electron chi connectivity index (χ4n) is 1.41. The van der Waals surface area contributed by atoms with Crippen LogP contribution in [0.25, 0.3) is 5.59 Å². The molecule has 1 rings (SSSR count). The molecule has 0 spiro atoms. The van der Waals surface area contributed by atoms with Gasteiger partial charge in [-0.05, 0) is 38.8 Å². The van der Waals surface area contributed by atoms with Crippen molar-refractivity contribution in [2.75, 3.05) is 0 Å². The van der Waals surface area contributed by atoms with E-state index in [1.54, 1.807) is 0 Å². The largest absolute Gasteiger partial charge is 0.577 e. The van der Waals surface area contributed by atoms with E-state index in [2.05, 4.69) is 90.0 Å². The van der Waals surface area contributed by atoms with E-state index in [0.29, 0.717) is 0 Å². The van der Waals surface area contributed by atoms with E-state index in [1.165, 1.54) is 28.2 Å². The Morgan fingerprint density at radius 1 is 0.609 bits per heavy atom. The Bertz CT molecular complexity index is 333. The van der Waals surface area contributed by atoms with Crippen molar-refractivity contribution in [3.8, 4) is 0 Å². The zero-order valence-electron chi connectivity index (χ0n) is 17.2. The Morgan fingerprint density at radius 2 is 0.739 bits per heavy atom. The standard InChI is InChI=1S/C10H15.2C5H11.NO.W/c1-6-7(2)9(4)10(5)8(6)3;2*1-5(2,3)4;1-2;/h1-5H3;2*1H2,2-4H3;;/q;3*-1;. The molecule has 0 aliphatic heterocycles. The van der Waals surface area contributed by atoms with Crippen LogP contribution in [-0.4, -0.2) is 0 Å². The van der Waals surface area contributed by atoms with Crippen molar-refractivity contribution in [1.82, 2.24) is 0 Å². The molecule has 23 heavy (non-hydrogen) atoms. The molecule has 0 aromatic rings. The summed E-state index contributed by atoms with van der Waals surface area (Å²) in [7, 11) is 0. The van der Waals surface area contributed by atoms with E-state index in [9.17, 15) is 0 Å². The third kappa shape index (κ3) is 21.8. The second kappa shape index (κ2) is 13.1. The minimum absolute atomic E-state index is 0. The van der Waals surface area contributed by atoms with Crippen LogP contribution in [0, 0.1) is 35.5 Å². The smallest absolute Gasteiger partial charge is 0.0226 e. The molecule has 1 aliphatic rings. The van der Waals surface area contributed by atoms with Crippen LogP contribution >= 0.6 is 0 Å². The first kappa shape index (κ1) is 30.6. The van der Waals surface area contributed by atoms with Crippen LogP contribution in [0.4, 0.5) is 0 Å². The molecule has 0 N–H and O–H groups in total. The normalized spacial score (nSPS) is 14.7. The molecule has 0 aromatic heterocycles. The van der Waals surface area contributed by atoms with Gasteiger partial charge in [0.1, 0.15) is 0 Å². The summed E-state index contributed by atoms with van der Waals surface area (Å²) in [5, 5.41) is 0. The van der Waals surface area contributed by atoms with Crippen LogP contribution in [0.2, 0.25) is 0 Å². The summed E-state index contributed by atoms with van der Waals surface area (Å²) in [6, 6.07) is 0. The first-order valence-electron chi connectivity index (χ1n) is 7.64. The van der Waals surface area contributed by atoms with Crippen LogP contribution in [-0.2, 0) is 21.1 Å². The predicted octanol–water partition coefficient (Wildman–Crippen LogP) is 7.32. The van der Waals surface area contributed by atoms with Crippen molar-refractivity contribution in [3.05, 3.63) is 52.6 Å². The van der Waals surface area contributed by atoms with Gasteiger partial charge in [-0.1, -0.05) is 59.6 Å². The maximum absolute atomic E-state index is 7.25. The third-order valence-electron chi connectivity index (χ3n) is 2.81. The molecule has 0 fully saturated rings. The van der Waals surface area contributed by atoms with Crippen molar-refractivity contribution in [3.63, 3.8) is 0 Å². The van der Waals surface area contributed by atoms with Gasteiger partial charge < -0.3 is 24.3 Å². The van der Waals surface area contributed by atoms with E-state index < -0.39 is 0 Å². The Kier molecular flexibility index (Phi) is 17.4. The number of rotatable bonds is 0. The molecule has 1 aliphatic carbocycles. The van der Waals surface area contributed by atoms with Gasteiger partial charge in [0.15, 0.2) is 0 Å². The van der Waals surface area contributed by atoms with Crippen LogP contribution in [0.5, 0.6) is 0 Å². The average molecular weight is 491 g/mol. The first-order valence-corrected chi connectivity index (χ1v) is 7.64. The quantitative estimate of drug-likeness (QED) is 0.327. The number of hydrogen-bond donors (Lipinski definition) is 0. The van der Waals surface area contributed by atoms with E-state index in [-0.39, 0.29) is 31.9 Å². The van der Waals surface area contributed by atoms with Crippen molar-refractivity contribution >= 4 is 0 Å². The predicted molar refractivity (Wildman–Crippen MR) is 102 cm³/mol. The fourth-order valence-corrected chi connectivity index (χ4v) is 1.41. The monoisotopic (exact) mass is 491 g/mol. The topological polar surface area (TPSA) is 39.4 Å². The Hall–Kier alpha value is -0.232. The molecule has 0 atom stereocenters. The molecule has 0 heterocycles. The van der Waals surface area contributed by atoms with Gasteiger partial charge in [0, 0.05) is 27.0 Å². The van der Waals surface area contributed by atoms with Gasteiger partial charge >= 0.3 is 0 Å². The van der Waals surface area contributed by atoms with Crippen LogP contribution in [0.15, 0.2) is 22.3 Å². The number of allylic oxidation sites excluding steroid dienone is 4. The summed E-state index contributed by atoms with van der Waals surface area (Å²) in [4.78, 5) is 7.25. The summed E-state index contributed by atoms with van der Waals surface area (Å²) in [6.45, 7) is 31.0. The molecule has 1 radical (unpaired) electrons. The first-order chi connectivity index (χ1) is 9.55. The van der Waals surface area contributed by atoms with Crippen molar-refractivity contribution in [2.24, 2.45) is 10.8 Å². The molecular formula is C20H37NOW-3. The summed E-state index contributed by atoms with van der Waals surface area (Å²) in [5.74, 6) is 1.47. The SMILES string of the molecule is C[C]1C(C)=C(C)C(C)=C1C.[CH2-]C(C)(C)C.[CH2-]C(C)(C)C.[N-]=O.[W]. The molecule has 0 saturated carbocycles. The molecule has 0 saturated heterocycles. The molecule has 137 valence electrons. The van der Waals surface area contributed by atoms with E-state index in [0.717, 1.165) is 0 Å². The Morgan fingerprint density at radius 3 is 0.783 bits per heavy atom. The van der Waals surface area contributed by atoms with Gasteiger partial charge in [0.2, 0.25) is 0 Å².